The maximum Gasteiger partial charge on any atom is 0.207 e. The number of unbranched alkanes of at least 4 members (excludes halogenated alkanes) is 5. The predicted molar refractivity (Wildman–Crippen MR) is 78.2 cm³/mol. The van der Waals surface area contributed by atoms with Crippen molar-refractivity contribution < 1.29 is 14.4 Å². The van der Waals surface area contributed by atoms with E-state index >= 15 is 0 Å². The zero-order valence-electron chi connectivity index (χ0n) is 12.2. The Morgan fingerprint density at radius 3 is 2.26 bits per heavy atom. The molecule has 1 rings (SSSR count). The maximum absolute atomic E-state index is 12.2. The summed E-state index contributed by atoms with van der Waals surface area (Å²) < 4.78 is -0.668. The van der Waals surface area contributed by atoms with Gasteiger partial charge in [0.1, 0.15) is 11.7 Å². The smallest absolute Gasteiger partial charge is 0.207 e. The highest BCUT2D eigenvalue weighted by Crippen LogP contribution is 2.43. The van der Waals surface area contributed by atoms with Crippen molar-refractivity contribution in [1.82, 2.24) is 0 Å². The lowest BCUT2D eigenvalue weighted by Crippen LogP contribution is -2.33. The SMILES string of the molecule is CCCCCCCC[C@@]1(C)SC(=O)C(C(C)=O)C1=O. The molecular weight excluding hydrogens is 260 g/mol. The fourth-order valence-electron chi connectivity index (χ4n) is 2.51. The van der Waals surface area contributed by atoms with Crippen molar-refractivity contribution >= 4 is 28.4 Å². The number of rotatable bonds is 8. The molecule has 108 valence electrons. The minimum atomic E-state index is -1.00. The zero-order valence-corrected chi connectivity index (χ0v) is 13.0. The van der Waals surface area contributed by atoms with Gasteiger partial charge in [0.25, 0.3) is 0 Å². The first-order chi connectivity index (χ1) is 8.92. The van der Waals surface area contributed by atoms with E-state index in [0.29, 0.717) is 6.42 Å². The van der Waals surface area contributed by atoms with E-state index in [0.717, 1.165) is 24.6 Å². The van der Waals surface area contributed by atoms with Gasteiger partial charge in [-0.1, -0.05) is 57.2 Å². The van der Waals surface area contributed by atoms with Crippen molar-refractivity contribution in [1.29, 1.82) is 0 Å². The molecule has 1 aliphatic heterocycles. The molecule has 0 aromatic heterocycles. The summed E-state index contributed by atoms with van der Waals surface area (Å²) in [4.78, 5) is 35.3. The van der Waals surface area contributed by atoms with Gasteiger partial charge in [-0.05, 0) is 20.3 Å². The fraction of sp³-hybridized carbons (Fsp3) is 0.800. The summed E-state index contributed by atoms with van der Waals surface area (Å²) in [6, 6.07) is 0. The number of hydrogen-bond donors (Lipinski definition) is 0. The first-order valence-electron chi connectivity index (χ1n) is 7.20. The summed E-state index contributed by atoms with van der Waals surface area (Å²) >= 11 is 1.07. The molecule has 0 saturated carbocycles. The second-order valence-electron chi connectivity index (χ2n) is 5.58. The van der Waals surface area contributed by atoms with Gasteiger partial charge in [0.05, 0.1) is 4.75 Å². The lowest BCUT2D eigenvalue weighted by molar-refractivity contribution is -0.135. The summed E-state index contributed by atoms with van der Waals surface area (Å²) in [7, 11) is 0. The Bertz CT molecular complexity index is 364. The van der Waals surface area contributed by atoms with Crippen molar-refractivity contribution in [3.8, 4) is 0 Å². The van der Waals surface area contributed by atoms with E-state index in [1.54, 1.807) is 0 Å². The van der Waals surface area contributed by atoms with Gasteiger partial charge in [-0.2, -0.15) is 0 Å². The van der Waals surface area contributed by atoms with Gasteiger partial charge in [0.2, 0.25) is 5.12 Å². The van der Waals surface area contributed by atoms with Gasteiger partial charge in [-0.3, -0.25) is 14.4 Å². The molecule has 0 aliphatic carbocycles. The minimum Gasteiger partial charge on any atom is -0.299 e. The maximum atomic E-state index is 12.2. The molecular formula is C15H24O3S. The molecule has 1 aliphatic rings. The third-order valence-electron chi connectivity index (χ3n) is 3.76. The van der Waals surface area contributed by atoms with E-state index in [1.165, 1.54) is 32.6 Å². The van der Waals surface area contributed by atoms with Crippen LogP contribution in [-0.2, 0) is 14.4 Å². The molecule has 19 heavy (non-hydrogen) atoms. The van der Waals surface area contributed by atoms with Crippen LogP contribution in [0.3, 0.4) is 0 Å². The Hall–Kier alpha value is -0.640. The highest BCUT2D eigenvalue weighted by atomic mass is 32.2. The number of carbonyl (C=O) groups excluding carboxylic acids is 3. The van der Waals surface area contributed by atoms with Crippen LogP contribution >= 0.6 is 11.8 Å². The third kappa shape index (κ3) is 4.16. The van der Waals surface area contributed by atoms with Crippen LogP contribution in [0.4, 0.5) is 0 Å². The summed E-state index contributed by atoms with van der Waals surface area (Å²) in [6.45, 7) is 5.33. The minimum absolute atomic E-state index is 0.177. The number of carbonyl (C=O) groups is 3. The first-order valence-corrected chi connectivity index (χ1v) is 8.01. The molecule has 0 N–H and O–H groups in total. The number of hydrogen-bond acceptors (Lipinski definition) is 4. The Labute approximate surface area is 119 Å². The van der Waals surface area contributed by atoms with Gasteiger partial charge < -0.3 is 0 Å². The Morgan fingerprint density at radius 1 is 1.16 bits per heavy atom. The summed E-state index contributed by atoms with van der Waals surface area (Å²) in [5.41, 5.74) is 0. The van der Waals surface area contributed by atoms with Crippen LogP contribution in [0.2, 0.25) is 0 Å². The Morgan fingerprint density at radius 2 is 1.74 bits per heavy atom. The molecule has 0 bridgehead atoms. The van der Waals surface area contributed by atoms with Crippen LogP contribution in [0.1, 0.15) is 65.7 Å². The second-order valence-corrected chi connectivity index (χ2v) is 7.09. The van der Waals surface area contributed by atoms with E-state index in [2.05, 4.69) is 6.92 Å². The van der Waals surface area contributed by atoms with Gasteiger partial charge in [0.15, 0.2) is 5.78 Å². The Balaban J connectivity index is 2.43. The van der Waals surface area contributed by atoms with Crippen LogP contribution in [0.5, 0.6) is 0 Å². The van der Waals surface area contributed by atoms with E-state index in [-0.39, 0.29) is 16.7 Å². The van der Waals surface area contributed by atoms with Gasteiger partial charge in [0, 0.05) is 0 Å². The van der Waals surface area contributed by atoms with Gasteiger partial charge >= 0.3 is 0 Å². The molecule has 2 atom stereocenters. The Kier molecular flexibility index (Phi) is 6.24. The van der Waals surface area contributed by atoms with Crippen LogP contribution in [-0.4, -0.2) is 21.4 Å². The third-order valence-corrected chi connectivity index (χ3v) is 5.05. The molecule has 1 saturated heterocycles. The zero-order chi connectivity index (χ0) is 14.5. The van der Waals surface area contributed by atoms with E-state index in [9.17, 15) is 14.4 Å². The van der Waals surface area contributed by atoms with Crippen LogP contribution in [0.15, 0.2) is 0 Å². The van der Waals surface area contributed by atoms with E-state index < -0.39 is 10.7 Å². The molecule has 1 unspecified atom stereocenters. The van der Waals surface area contributed by atoms with E-state index in [4.69, 9.17) is 0 Å². The number of Topliss-reactive ketones (excluding diaryl/α,β-unsaturated/α-hetero) is 2. The molecule has 4 heteroatoms. The number of ketones is 2. The van der Waals surface area contributed by atoms with Crippen molar-refractivity contribution in [2.75, 3.05) is 0 Å². The molecule has 0 amide bonds. The highest BCUT2D eigenvalue weighted by Gasteiger charge is 2.52. The quantitative estimate of drug-likeness (QED) is 0.505. The molecule has 0 aromatic rings. The molecule has 0 spiro atoms. The highest BCUT2D eigenvalue weighted by molar-refractivity contribution is 8.16. The van der Waals surface area contributed by atoms with Crippen LogP contribution in [0.25, 0.3) is 0 Å². The normalized spacial score (nSPS) is 27.0. The largest absolute Gasteiger partial charge is 0.299 e. The molecule has 0 radical (unpaired) electrons. The van der Waals surface area contributed by atoms with Gasteiger partial charge in [-0.15, -0.1) is 0 Å². The first kappa shape index (κ1) is 16.4. The van der Waals surface area contributed by atoms with Crippen LogP contribution < -0.4 is 0 Å². The average molecular weight is 284 g/mol. The van der Waals surface area contributed by atoms with Crippen LogP contribution in [0, 0.1) is 5.92 Å². The molecule has 1 heterocycles. The van der Waals surface area contributed by atoms with E-state index in [1.807, 2.05) is 6.92 Å². The molecule has 0 aromatic carbocycles. The standard InChI is InChI=1S/C15H24O3S/c1-4-5-6-7-8-9-10-15(3)13(17)12(11(2)16)14(18)19-15/h12H,4-10H2,1-3H3/t12?,15-/m1/s1. The van der Waals surface area contributed by atoms with Crippen molar-refractivity contribution in [2.45, 2.75) is 70.5 Å². The summed E-state index contributed by atoms with van der Waals surface area (Å²) in [5.74, 6) is -1.49. The average Bonchev–Trinajstić information content (AvgIpc) is 2.55. The predicted octanol–water partition coefficient (Wildman–Crippen LogP) is 3.54. The summed E-state index contributed by atoms with van der Waals surface area (Å²) in [5, 5.41) is -0.258. The monoisotopic (exact) mass is 284 g/mol. The number of thioether (sulfide) groups is 1. The topological polar surface area (TPSA) is 51.2 Å². The lowest BCUT2D eigenvalue weighted by atomic mass is 9.88. The molecule has 1 fully saturated rings. The van der Waals surface area contributed by atoms with Crippen molar-refractivity contribution in [3.05, 3.63) is 0 Å². The second kappa shape index (κ2) is 7.22. The van der Waals surface area contributed by atoms with Crippen molar-refractivity contribution in [2.24, 2.45) is 5.92 Å². The fourth-order valence-corrected chi connectivity index (χ4v) is 3.81. The molecule has 3 nitrogen and oxygen atoms in total. The lowest BCUT2D eigenvalue weighted by Gasteiger charge is -2.20. The summed E-state index contributed by atoms with van der Waals surface area (Å²) in [6.07, 6.45) is 7.67. The van der Waals surface area contributed by atoms with Crippen molar-refractivity contribution in [3.63, 3.8) is 0 Å². The van der Waals surface area contributed by atoms with Gasteiger partial charge in [-0.25, -0.2) is 0 Å².